The van der Waals surface area contributed by atoms with E-state index in [9.17, 15) is 4.79 Å². The Morgan fingerprint density at radius 1 is 1.32 bits per heavy atom. The van der Waals surface area contributed by atoms with Crippen molar-refractivity contribution in [3.05, 3.63) is 33.3 Å². The van der Waals surface area contributed by atoms with Crippen LogP contribution in [0.5, 0.6) is 0 Å². The minimum Gasteiger partial charge on any atom is -0.353 e. The van der Waals surface area contributed by atoms with Crippen molar-refractivity contribution in [2.75, 3.05) is 0 Å². The fraction of sp³-hybridized carbons (Fsp3) is 0.562. The van der Waals surface area contributed by atoms with Crippen molar-refractivity contribution in [2.45, 2.75) is 56.7 Å². The van der Waals surface area contributed by atoms with Gasteiger partial charge in [0.15, 0.2) is 0 Å². The van der Waals surface area contributed by atoms with Gasteiger partial charge in [0.1, 0.15) is 0 Å². The first kappa shape index (κ1) is 18.1. The lowest BCUT2D eigenvalue weighted by molar-refractivity contribution is -0.122. The summed E-state index contributed by atoms with van der Waals surface area (Å²) < 4.78 is 1.01. The molecule has 2 fully saturated rings. The molecular weight excluding hydrogens is 387 g/mol. The Balaban J connectivity index is 0.00000176. The van der Waals surface area contributed by atoms with Crippen LogP contribution < -0.4 is 10.6 Å². The van der Waals surface area contributed by atoms with Gasteiger partial charge in [0.05, 0.1) is 0 Å². The Bertz CT molecular complexity index is 529. The van der Waals surface area contributed by atoms with Crippen LogP contribution in [0.1, 0.15) is 37.7 Å². The standard InChI is InChI=1S/C16H20BrClN2O.ClH/c17-15-5-2-11(18)7-10(15)1-6-16(21)20-14-8-12-3-4-13(9-14)19-12;/h2,5,7,12-14,19H,1,3-4,6,8-9H2,(H,20,21);1H. The van der Waals surface area contributed by atoms with Gasteiger partial charge in [-0.05, 0) is 55.9 Å². The Kier molecular flexibility index (Phi) is 6.57. The molecule has 0 radical (unpaired) electrons. The second kappa shape index (κ2) is 8.00. The van der Waals surface area contributed by atoms with Gasteiger partial charge in [-0.25, -0.2) is 0 Å². The maximum atomic E-state index is 12.1. The number of fused-ring (bicyclic) bond motifs is 2. The predicted octanol–water partition coefficient (Wildman–Crippen LogP) is 3.86. The lowest BCUT2D eigenvalue weighted by Gasteiger charge is -2.29. The molecule has 2 N–H and O–H groups in total. The minimum atomic E-state index is 0. The minimum absolute atomic E-state index is 0. The average Bonchev–Trinajstić information content (AvgIpc) is 2.79. The van der Waals surface area contributed by atoms with Crippen LogP contribution in [-0.4, -0.2) is 24.0 Å². The molecule has 3 rings (SSSR count). The summed E-state index contributed by atoms with van der Waals surface area (Å²) in [5, 5.41) is 7.50. The Labute approximate surface area is 151 Å². The summed E-state index contributed by atoms with van der Waals surface area (Å²) in [6.07, 6.45) is 5.88. The van der Waals surface area contributed by atoms with E-state index < -0.39 is 0 Å². The second-order valence-electron chi connectivity index (χ2n) is 6.11. The first-order chi connectivity index (χ1) is 10.1. The van der Waals surface area contributed by atoms with Crippen LogP contribution in [0.2, 0.25) is 5.02 Å². The summed E-state index contributed by atoms with van der Waals surface area (Å²) >= 11 is 9.50. The molecule has 3 nitrogen and oxygen atoms in total. The van der Waals surface area contributed by atoms with Gasteiger partial charge in [0, 0.05) is 34.0 Å². The first-order valence-corrected chi connectivity index (χ1v) is 8.76. The molecule has 1 amide bonds. The number of halogens is 3. The molecule has 2 aliphatic heterocycles. The van der Waals surface area contributed by atoms with E-state index >= 15 is 0 Å². The van der Waals surface area contributed by atoms with Gasteiger partial charge in [0.25, 0.3) is 0 Å². The highest BCUT2D eigenvalue weighted by molar-refractivity contribution is 9.10. The quantitative estimate of drug-likeness (QED) is 0.795. The van der Waals surface area contributed by atoms with E-state index in [1.807, 2.05) is 18.2 Å². The largest absolute Gasteiger partial charge is 0.353 e. The van der Waals surface area contributed by atoms with Crippen LogP contribution in [0.15, 0.2) is 22.7 Å². The Morgan fingerprint density at radius 3 is 2.68 bits per heavy atom. The molecule has 2 atom stereocenters. The monoisotopic (exact) mass is 406 g/mol. The third kappa shape index (κ3) is 4.60. The molecule has 122 valence electrons. The van der Waals surface area contributed by atoms with E-state index in [2.05, 4.69) is 26.6 Å². The number of nitrogens with one attached hydrogen (secondary N) is 2. The van der Waals surface area contributed by atoms with E-state index in [0.717, 1.165) is 22.9 Å². The third-order valence-corrected chi connectivity index (χ3v) is 5.48. The molecule has 2 bridgehead atoms. The number of benzene rings is 1. The fourth-order valence-corrected chi connectivity index (χ4v) is 4.10. The second-order valence-corrected chi connectivity index (χ2v) is 7.40. The number of carbonyl (C=O) groups is 1. The first-order valence-electron chi connectivity index (χ1n) is 7.59. The highest BCUT2D eigenvalue weighted by Crippen LogP contribution is 2.27. The Hall–Kier alpha value is -0.290. The molecule has 22 heavy (non-hydrogen) atoms. The van der Waals surface area contributed by atoms with Gasteiger partial charge in [-0.2, -0.15) is 0 Å². The van der Waals surface area contributed by atoms with Crippen LogP contribution in [0.3, 0.4) is 0 Å². The fourth-order valence-electron chi connectivity index (χ4n) is 3.46. The van der Waals surface area contributed by atoms with Crippen LogP contribution in [0, 0.1) is 0 Å². The van der Waals surface area contributed by atoms with E-state index in [0.29, 0.717) is 36.0 Å². The van der Waals surface area contributed by atoms with Crippen LogP contribution >= 0.6 is 39.9 Å². The van der Waals surface area contributed by atoms with Gasteiger partial charge in [0.2, 0.25) is 5.91 Å². The van der Waals surface area contributed by atoms with Crippen LogP contribution in [0.25, 0.3) is 0 Å². The number of piperidine rings is 1. The highest BCUT2D eigenvalue weighted by atomic mass is 79.9. The SMILES string of the molecule is Cl.O=C(CCc1cc(Cl)ccc1Br)NC1CC2CCC(C1)N2. The lowest BCUT2D eigenvalue weighted by Crippen LogP contribution is -2.48. The zero-order valence-electron chi connectivity index (χ0n) is 12.3. The van der Waals surface area contributed by atoms with E-state index in [-0.39, 0.29) is 18.3 Å². The molecule has 2 saturated heterocycles. The Morgan fingerprint density at radius 2 is 2.00 bits per heavy atom. The topological polar surface area (TPSA) is 41.1 Å². The van der Waals surface area contributed by atoms with Crippen molar-refractivity contribution >= 4 is 45.8 Å². The molecule has 1 aromatic carbocycles. The normalized spacial score (nSPS) is 26.4. The van der Waals surface area contributed by atoms with Crippen molar-refractivity contribution in [2.24, 2.45) is 0 Å². The molecule has 1 aromatic rings. The molecule has 0 saturated carbocycles. The van der Waals surface area contributed by atoms with E-state index in [1.165, 1.54) is 12.8 Å². The van der Waals surface area contributed by atoms with Crippen molar-refractivity contribution in [1.82, 2.24) is 10.6 Å². The van der Waals surface area contributed by atoms with Gasteiger partial charge < -0.3 is 10.6 Å². The van der Waals surface area contributed by atoms with Gasteiger partial charge in [-0.1, -0.05) is 27.5 Å². The molecule has 0 spiro atoms. The van der Waals surface area contributed by atoms with Crippen molar-refractivity contribution in [1.29, 1.82) is 0 Å². The number of hydrogen-bond donors (Lipinski definition) is 2. The predicted molar refractivity (Wildman–Crippen MR) is 95.8 cm³/mol. The number of carbonyl (C=O) groups excluding carboxylic acids is 1. The number of amides is 1. The smallest absolute Gasteiger partial charge is 0.220 e. The average molecular weight is 408 g/mol. The zero-order chi connectivity index (χ0) is 14.8. The zero-order valence-corrected chi connectivity index (χ0v) is 15.4. The number of rotatable bonds is 4. The molecule has 2 aliphatic rings. The van der Waals surface area contributed by atoms with Gasteiger partial charge in [-0.3, -0.25) is 4.79 Å². The lowest BCUT2D eigenvalue weighted by atomic mass is 9.99. The molecule has 2 heterocycles. The number of hydrogen-bond acceptors (Lipinski definition) is 2. The number of aryl methyl sites for hydroxylation is 1. The maximum absolute atomic E-state index is 12.1. The van der Waals surface area contributed by atoms with Gasteiger partial charge in [-0.15, -0.1) is 12.4 Å². The van der Waals surface area contributed by atoms with E-state index in [4.69, 9.17) is 11.6 Å². The summed E-state index contributed by atoms with van der Waals surface area (Å²) in [5.41, 5.74) is 1.09. The summed E-state index contributed by atoms with van der Waals surface area (Å²) in [5.74, 6) is 0.146. The molecule has 6 heteroatoms. The summed E-state index contributed by atoms with van der Waals surface area (Å²) in [7, 11) is 0. The summed E-state index contributed by atoms with van der Waals surface area (Å²) in [4.78, 5) is 12.1. The summed E-state index contributed by atoms with van der Waals surface area (Å²) in [6.45, 7) is 0. The van der Waals surface area contributed by atoms with E-state index in [1.54, 1.807) is 0 Å². The van der Waals surface area contributed by atoms with Crippen molar-refractivity contribution < 1.29 is 4.79 Å². The third-order valence-electron chi connectivity index (χ3n) is 4.47. The van der Waals surface area contributed by atoms with Crippen molar-refractivity contribution in [3.63, 3.8) is 0 Å². The highest BCUT2D eigenvalue weighted by Gasteiger charge is 2.33. The maximum Gasteiger partial charge on any atom is 0.220 e. The summed E-state index contributed by atoms with van der Waals surface area (Å²) in [6, 6.07) is 7.26. The molecular formula is C16H21BrCl2N2O. The molecule has 0 aromatic heterocycles. The van der Waals surface area contributed by atoms with Gasteiger partial charge >= 0.3 is 0 Å². The van der Waals surface area contributed by atoms with Crippen LogP contribution in [0.4, 0.5) is 0 Å². The van der Waals surface area contributed by atoms with Crippen LogP contribution in [-0.2, 0) is 11.2 Å². The molecule has 0 aliphatic carbocycles. The molecule has 2 unspecified atom stereocenters. The van der Waals surface area contributed by atoms with Crippen molar-refractivity contribution in [3.8, 4) is 0 Å².